The maximum absolute atomic E-state index is 13.8. The van der Waals surface area contributed by atoms with Crippen LogP contribution >= 0.6 is 0 Å². The van der Waals surface area contributed by atoms with Gasteiger partial charge in [0.15, 0.2) is 0 Å². The van der Waals surface area contributed by atoms with Crippen LogP contribution in [0.3, 0.4) is 0 Å². The van der Waals surface area contributed by atoms with Gasteiger partial charge in [-0.2, -0.15) is 5.10 Å². The van der Waals surface area contributed by atoms with Gasteiger partial charge in [0, 0.05) is 12.0 Å². The fourth-order valence-corrected chi connectivity index (χ4v) is 7.98. The van der Waals surface area contributed by atoms with Crippen LogP contribution in [0.2, 0.25) is 0 Å². The molecule has 30 heavy (non-hydrogen) atoms. The summed E-state index contributed by atoms with van der Waals surface area (Å²) in [5.41, 5.74) is 1.42. The van der Waals surface area contributed by atoms with Crippen LogP contribution in [0, 0.1) is 22.7 Å². The minimum Gasteiger partial charge on any atom is -0.355 e. The van der Waals surface area contributed by atoms with Crippen LogP contribution in [0.4, 0.5) is 0 Å². The molecule has 1 heterocycles. The summed E-state index contributed by atoms with van der Waals surface area (Å²) in [6.07, 6.45) is 11.3. The summed E-state index contributed by atoms with van der Waals surface area (Å²) in [4.78, 5) is 18.0. The van der Waals surface area contributed by atoms with Crippen LogP contribution < -0.4 is 5.32 Å². The molecule has 7 rings (SSSR count). The number of nitrogens with one attached hydrogen (secondary N) is 1. The van der Waals surface area contributed by atoms with E-state index in [-0.39, 0.29) is 21.8 Å². The molecule has 4 bridgehead atoms. The molecule has 5 atom stereocenters. The van der Waals surface area contributed by atoms with Crippen molar-refractivity contribution in [1.29, 1.82) is 0 Å². The normalized spacial score (nSPS) is 40.3. The standard InChI is InChI=1S/C25H32N4O/c1-22(2)13-25(22,20-6-4-3-5-7-20)15-27-21(30)23-9-18-8-19(10-23)12-24(11-18,14-23)29-17-26-16-28-29/h3-7,16-19H,8-15H2,1-2H3,(H,27,30)/t18-,19+,23?,24?,25-/m1/s1. The van der Waals surface area contributed by atoms with Crippen LogP contribution in [-0.2, 0) is 15.7 Å². The molecular weight excluding hydrogens is 372 g/mol. The van der Waals surface area contributed by atoms with Crippen LogP contribution in [0.25, 0.3) is 0 Å². The molecule has 0 saturated heterocycles. The van der Waals surface area contributed by atoms with Crippen molar-refractivity contribution < 1.29 is 4.79 Å². The highest BCUT2D eigenvalue weighted by molar-refractivity contribution is 5.83. The quantitative estimate of drug-likeness (QED) is 0.818. The van der Waals surface area contributed by atoms with Crippen molar-refractivity contribution in [2.75, 3.05) is 6.54 Å². The van der Waals surface area contributed by atoms with Gasteiger partial charge < -0.3 is 5.32 Å². The Kier molecular flexibility index (Phi) is 3.69. The Hall–Kier alpha value is -2.17. The first-order valence-electron chi connectivity index (χ1n) is 11.6. The Morgan fingerprint density at radius 3 is 2.40 bits per heavy atom. The molecule has 0 spiro atoms. The zero-order valence-electron chi connectivity index (χ0n) is 18.1. The monoisotopic (exact) mass is 404 g/mol. The molecule has 5 saturated carbocycles. The molecule has 5 aliphatic rings. The van der Waals surface area contributed by atoms with E-state index in [9.17, 15) is 4.79 Å². The lowest BCUT2D eigenvalue weighted by molar-refractivity contribution is -0.156. The molecule has 5 heteroatoms. The summed E-state index contributed by atoms with van der Waals surface area (Å²) in [7, 11) is 0. The van der Waals surface area contributed by atoms with E-state index in [1.807, 2.05) is 6.33 Å². The Balaban J connectivity index is 1.26. The predicted octanol–water partition coefficient (Wildman–Crippen LogP) is 4.06. The van der Waals surface area contributed by atoms with Crippen molar-refractivity contribution >= 4 is 5.91 Å². The molecule has 0 radical (unpaired) electrons. The van der Waals surface area contributed by atoms with Gasteiger partial charge in [-0.1, -0.05) is 44.2 Å². The topological polar surface area (TPSA) is 59.8 Å². The van der Waals surface area contributed by atoms with Crippen molar-refractivity contribution in [3.8, 4) is 0 Å². The van der Waals surface area contributed by atoms with Crippen molar-refractivity contribution in [1.82, 2.24) is 20.1 Å². The predicted molar refractivity (Wildman–Crippen MR) is 115 cm³/mol. The number of rotatable bonds is 5. The Bertz CT molecular complexity index is 952. The van der Waals surface area contributed by atoms with Gasteiger partial charge in [-0.25, -0.2) is 9.67 Å². The molecule has 2 unspecified atom stereocenters. The second kappa shape index (κ2) is 5.95. The second-order valence-corrected chi connectivity index (χ2v) is 11.5. The molecule has 1 N–H and O–H groups in total. The Labute approximate surface area is 178 Å². The van der Waals surface area contributed by atoms with Gasteiger partial charge in [-0.3, -0.25) is 4.79 Å². The summed E-state index contributed by atoms with van der Waals surface area (Å²) in [6, 6.07) is 10.8. The minimum absolute atomic E-state index is 0.00606. The zero-order chi connectivity index (χ0) is 20.6. The molecule has 1 aromatic heterocycles. The fourth-order valence-electron chi connectivity index (χ4n) is 7.98. The first-order chi connectivity index (χ1) is 14.4. The largest absolute Gasteiger partial charge is 0.355 e. The SMILES string of the molecule is CC1(C)C[C@@]1(CNC(=O)C12C[C@H]3C[C@@H](C1)CC(n1cncn1)(C3)C2)c1ccccc1. The average molecular weight is 405 g/mol. The molecular formula is C25H32N4O. The van der Waals surface area contributed by atoms with Gasteiger partial charge in [0.1, 0.15) is 12.7 Å². The van der Waals surface area contributed by atoms with Crippen molar-refractivity contribution in [3.05, 3.63) is 48.5 Å². The van der Waals surface area contributed by atoms with E-state index in [2.05, 4.69) is 64.3 Å². The first-order valence-corrected chi connectivity index (χ1v) is 11.6. The number of hydrogen-bond acceptors (Lipinski definition) is 3. The fraction of sp³-hybridized carbons (Fsp3) is 0.640. The van der Waals surface area contributed by atoms with Gasteiger partial charge in [0.2, 0.25) is 5.91 Å². The van der Waals surface area contributed by atoms with E-state index in [4.69, 9.17) is 0 Å². The smallest absolute Gasteiger partial charge is 0.226 e. The first kappa shape index (κ1) is 18.6. The lowest BCUT2D eigenvalue weighted by Gasteiger charge is -2.61. The number of amides is 1. The Morgan fingerprint density at radius 2 is 1.80 bits per heavy atom. The summed E-state index contributed by atoms with van der Waals surface area (Å²) in [6.45, 7) is 5.41. The van der Waals surface area contributed by atoms with E-state index < -0.39 is 0 Å². The molecule has 5 fully saturated rings. The van der Waals surface area contributed by atoms with Gasteiger partial charge in [-0.05, 0) is 67.8 Å². The molecule has 0 aliphatic heterocycles. The minimum atomic E-state index is -0.229. The summed E-state index contributed by atoms with van der Waals surface area (Å²) >= 11 is 0. The van der Waals surface area contributed by atoms with E-state index in [1.54, 1.807) is 6.33 Å². The van der Waals surface area contributed by atoms with Gasteiger partial charge in [0.05, 0.1) is 11.0 Å². The van der Waals surface area contributed by atoms with Crippen molar-refractivity contribution in [2.24, 2.45) is 22.7 Å². The van der Waals surface area contributed by atoms with Crippen LogP contribution in [0.5, 0.6) is 0 Å². The third-order valence-electron chi connectivity index (χ3n) is 9.21. The number of aromatic nitrogens is 3. The number of carbonyl (C=O) groups excluding carboxylic acids is 1. The van der Waals surface area contributed by atoms with Crippen molar-refractivity contribution in [2.45, 2.75) is 69.7 Å². The summed E-state index contributed by atoms with van der Waals surface area (Å²) < 4.78 is 2.09. The number of hydrogen-bond donors (Lipinski definition) is 1. The highest BCUT2D eigenvalue weighted by Gasteiger charge is 2.64. The number of nitrogens with zero attached hydrogens (tertiary/aromatic N) is 3. The average Bonchev–Trinajstić information content (AvgIpc) is 3.08. The van der Waals surface area contributed by atoms with E-state index in [0.717, 1.165) is 45.1 Å². The van der Waals surface area contributed by atoms with Gasteiger partial charge in [0.25, 0.3) is 0 Å². The third-order valence-corrected chi connectivity index (χ3v) is 9.21. The summed E-state index contributed by atoms with van der Waals surface area (Å²) in [5, 5.41) is 8.00. The van der Waals surface area contributed by atoms with Crippen molar-refractivity contribution in [3.63, 3.8) is 0 Å². The molecule has 1 aromatic carbocycles. The molecule has 5 nitrogen and oxygen atoms in total. The van der Waals surface area contributed by atoms with Gasteiger partial charge >= 0.3 is 0 Å². The molecule has 158 valence electrons. The number of benzene rings is 1. The molecule has 2 aromatic rings. The van der Waals surface area contributed by atoms with E-state index in [0.29, 0.717) is 17.7 Å². The zero-order valence-corrected chi connectivity index (χ0v) is 18.1. The maximum Gasteiger partial charge on any atom is 0.226 e. The molecule has 5 aliphatic carbocycles. The van der Waals surface area contributed by atoms with Crippen LogP contribution in [0.15, 0.2) is 43.0 Å². The maximum atomic E-state index is 13.8. The Morgan fingerprint density at radius 1 is 1.10 bits per heavy atom. The summed E-state index contributed by atoms with van der Waals surface area (Å²) in [5.74, 6) is 1.57. The highest BCUT2D eigenvalue weighted by Crippen LogP contribution is 2.65. The third kappa shape index (κ3) is 2.50. The van der Waals surface area contributed by atoms with Gasteiger partial charge in [-0.15, -0.1) is 0 Å². The van der Waals surface area contributed by atoms with E-state index in [1.165, 1.54) is 12.0 Å². The second-order valence-electron chi connectivity index (χ2n) is 11.5. The highest BCUT2D eigenvalue weighted by atomic mass is 16.2. The van der Waals surface area contributed by atoms with Crippen LogP contribution in [0.1, 0.15) is 64.4 Å². The van der Waals surface area contributed by atoms with Crippen LogP contribution in [-0.4, -0.2) is 27.2 Å². The lowest BCUT2D eigenvalue weighted by Crippen LogP contribution is -2.61. The van der Waals surface area contributed by atoms with E-state index >= 15 is 0 Å². The molecule has 1 amide bonds. The number of carbonyl (C=O) groups is 1. The lowest BCUT2D eigenvalue weighted by atomic mass is 9.46.